The summed E-state index contributed by atoms with van der Waals surface area (Å²) in [6.45, 7) is 0.114. The normalized spacial score (nSPS) is 25.3. The molecule has 32 heavy (non-hydrogen) atoms. The zero-order chi connectivity index (χ0) is 22.5. The Morgan fingerprint density at radius 2 is 2.09 bits per heavy atom. The molecule has 2 aliphatic carbocycles. The summed E-state index contributed by atoms with van der Waals surface area (Å²) in [4.78, 5) is 8.98. The fourth-order valence-electron chi connectivity index (χ4n) is 5.03. The van der Waals surface area contributed by atoms with Crippen molar-refractivity contribution in [2.45, 2.75) is 43.9 Å². The van der Waals surface area contributed by atoms with Gasteiger partial charge in [0.05, 0.1) is 17.5 Å². The highest BCUT2D eigenvalue weighted by Gasteiger charge is 2.35. The van der Waals surface area contributed by atoms with E-state index in [1.807, 2.05) is 29.0 Å². The van der Waals surface area contributed by atoms with Crippen molar-refractivity contribution >= 4 is 38.7 Å². The lowest BCUT2D eigenvalue weighted by Gasteiger charge is -2.17. The first-order chi connectivity index (χ1) is 15.3. The number of hydrogen-bond donors (Lipinski definition) is 4. The Kier molecular flexibility index (Phi) is 5.58. The van der Waals surface area contributed by atoms with Crippen LogP contribution in [0.15, 0.2) is 36.8 Å². The molecule has 0 radical (unpaired) electrons. The smallest absolute Gasteiger partial charge is 0.274 e. The largest absolute Gasteiger partial charge is 0.393 e. The molecule has 0 spiro atoms. The molecule has 0 aliphatic heterocycles. The van der Waals surface area contributed by atoms with Crippen LogP contribution in [0.4, 0.5) is 5.82 Å². The third-order valence-corrected chi connectivity index (χ3v) is 7.38. The number of hydrogen-bond acceptors (Lipinski definition) is 6. The Labute approximate surface area is 191 Å². The molecule has 1 fully saturated rings. The van der Waals surface area contributed by atoms with Gasteiger partial charge in [-0.05, 0) is 55.0 Å². The van der Waals surface area contributed by atoms with E-state index in [2.05, 4.69) is 26.1 Å². The van der Waals surface area contributed by atoms with Crippen LogP contribution in [0.2, 0.25) is 5.02 Å². The zero-order valence-electron chi connectivity index (χ0n) is 17.3. The molecule has 1 saturated carbocycles. The Morgan fingerprint density at radius 1 is 1.25 bits per heavy atom. The molecule has 0 saturated heterocycles. The highest BCUT2D eigenvalue weighted by Crippen LogP contribution is 2.39. The summed E-state index contributed by atoms with van der Waals surface area (Å²) < 4.78 is 26.7. The number of anilines is 1. The Morgan fingerprint density at radius 3 is 2.91 bits per heavy atom. The van der Waals surface area contributed by atoms with E-state index in [0.717, 1.165) is 34.7 Å². The summed E-state index contributed by atoms with van der Waals surface area (Å²) in [5.41, 5.74) is 3.29. The maximum atomic E-state index is 11.2. The number of nitrogens with one attached hydrogen (secondary N) is 2. The molecule has 2 heterocycles. The van der Waals surface area contributed by atoms with Crippen LogP contribution in [0, 0.1) is 5.92 Å². The van der Waals surface area contributed by atoms with E-state index < -0.39 is 16.3 Å². The minimum atomic E-state index is -3.79. The van der Waals surface area contributed by atoms with Crippen LogP contribution in [0.25, 0.3) is 11.0 Å². The number of aromatic nitrogens is 3. The van der Waals surface area contributed by atoms with Crippen molar-refractivity contribution in [3.63, 3.8) is 0 Å². The molecular weight excluding hydrogens is 452 g/mol. The lowest BCUT2D eigenvalue weighted by atomic mass is 10.1. The minimum absolute atomic E-state index is 0.00637. The summed E-state index contributed by atoms with van der Waals surface area (Å²) in [7, 11) is -3.79. The molecule has 2 aromatic heterocycles. The van der Waals surface area contributed by atoms with Gasteiger partial charge < -0.3 is 15.0 Å². The standard InChI is InChI=1S/C21H25ClN6O3S/c22-14-2-3-16-12(7-14)1-4-18(16)27-20-17-5-6-28(21(17)25-11-24-20)15-8-13(19(29)9-15)10-26-32(23,30)31/h2-3,5-7,11,13,15,18-19,26,29H,1,4,8-10H2,(H2,23,30,31)(H,24,25,27)/t13-,15+,18-,19-/m0/s1. The molecular formula is C21H25ClN6O3S. The average Bonchev–Trinajstić information content (AvgIpc) is 3.43. The second-order valence-electron chi connectivity index (χ2n) is 8.61. The number of aryl methyl sites for hydroxylation is 1. The highest BCUT2D eigenvalue weighted by atomic mass is 35.5. The van der Waals surface area contributed by atoms with Gasteiger partial charge in [0.25, 0.3) is 10.2 Å². The van der Waals surface area contributed by atoms with Gasteiger partial charge in [-0.3, -0.25) is 0 Å². The van der Waals surface area contributed by atoms with E-state index in [9.17, 15) is 13.5 Å². The quantitative estimate of drug-likeness (QED) is 0.431. The second-order valence-corrected chi connectivity index (χ2v) is 10.4. The third kappa shape index (κ3) is 4.20. The van der Waals surface area contributed by atoms with Crippen LogP contribution in [0.3, 0.4) is 0 Å². The van der Waals surface area contributed by atoms with Crippen LogP contribution in [0.5, 0.6) is 0 Å². The van der Waals surface area contributed by atoms with E-state index in [-0.39, 0.29) is 24.5 Å². The first kappa shape index (κ1) is 21.6. The molecule has 0 bridgehead atoms. The Bertz CT molecular complexity index is 1260. The molecule has 0 amide bonds. The van der Waals surface area contributed by atoms with Crippen molar-refractivity contribution in [3.8, 4) is 0 Å². The van der Waals surface area contributed by atoms with Crippen LogP contribution < -0.4 is 15.2 Å². The molecule has 0 unspecified atom stereocenters. The maximum Gasteiger partial charge on any atom is 0.274 e. The van der Waals surface area contributed by atoms with Gasteiger partial charge in [0, 0.05) is 29.7 Å². The fourth-order valence-corrected chi connectivity index (χ4v) is 5.67. The van der Waals surface area contributed by atoms with Crippen LogP contribution in [0.1, 0.15) is 42.5 Å². The summed E-state index contributed by atoms with van der Waals surface area (Å²) in [6.07, 6.45) is 5.96. The zero-order valence-corrected chi connectivity index (χ0v) is 18.9. The number of aliphatic hydroxyl groups excluding tert-OH is 1. The summed E-state index contributed by atoms with van der Waals surface area (Å²) in [5.74, 6) is 0.560. The van der Waals surface area contributed by atoms with Crippen molar-refractivity contribution in [2.75, 3.05) is 11.9 Å². The van der Waals surface area contributed by atoms with Crippen molar-refractivity contribution in [1.29, 1.82) is 0 Å². The number of halogens is 1. The van der Waals surface area contributed by atoms with Gasteiger partial charge in [-0.2, -0.15) is 8.42 Å². The predicted octanol–water partition coefficient (Wildman–Crippen LogP) is 2.29. The average molecular weight is 477 g/mol. The van der Waals surface area contributed by atoms with Gasteiger partial charge in [0.2, 0.25) is 0 Å². The molecule has 11 heteroatoms. The van der Waals surface area contributed by atoms with Gasteiger partial charge in [0.15, 0.2) is 0 Å². The van der Waals surface area contributed by atoms with Gasteiger partial charge in [0.1, 0.15) is 17.8 Å². The highest BCUT2D eigenvalue weighted by molar-refractivity contribution is 7.87. The van der Waals surface area contributed by atoms with E-state index in [1.165, 1.54) is 11.1 Å². The van der Waals surface area contributed by atoms with E-state index in [1.54, 1.807) is 6.33 Å². The molecule has 4 atom stereocenters. The second kappa shape index (κ2) is 8.27. The predicted molar refractivity (Wildman–Crippen MR) is 123 cm³/mol. The number of benzene rings is 1. The summed E-state index contributed by atoms with van der Waals surface area (Å²) in [6, 6.07) is 8.16. The van der Waals surface area contributed by atoms with Gasteiger partial charge in [-0.15, -0.1) is 0 Å². The van der Waals surface area contributed by atoms with Crippen molar-refractivity contribution in [2.24, 2.45) is 11.1 Å². The number of fused-ring (bicyclic) bond motifs is 2. The molecule has 170 valence electrons. The van der Waals surface area contributed by atoms with Gasteiger partial charge in [-0.1, -0.05) is 17.7 Å². The third-order valence-electron chi connectivity index (χ3n) is 6.58. The number of rotatable bonds is 6. The molecule has 5 N–H and O–H groups in total. The van der Waals surface area contributed by atoms with E-state index >= 15 is 0 Å². The SMILES string of the molecule is NS(=O)(=O)NC[C@@H]1C[C@@H](n2ccc3c(N[C@H]4CCc5cc(Cl)ccc54)ncnc32)C[C@@H]1O. The summed E-state index contributed by atoms with van der Waals surface area (Å²) >= 11 is 6.14. The van der Waals surface area contributed by atoms with E-state index in [4.69, 9.17) is 16.7 Å². The van der Waals surface area contributed by atoms with Gasteiger partial charge >= 0.3 is 0 Å². The first-order valence-corrected chi connectivity index (χ1v) is 12.5. The molecule has 5 rings (SSSR count). The minimum Gasteiger partial charge on any atom is -0.393 e. The van der Waals surface area contributed by atoms with Crippen molar-refractivity contribution in [1.82, 2.24) is 19.3 Å². The Balaban J connectivity index is 1.36. The molecule has 3 aromatic rings. The molecule has 9 nitrogen and oxygen atoms in total. The fraction of sp³-hybridized carbons (Fsp3) is 0.429. The Hall–Kier alpha value is -2.24. The van der Waals surface area contributed by atoms with Crippen LogP contribution in [-0.2, 0) is 16.6 Å². The number of aliphatic hydroxyl groups is 1. The van der Waals surface area contributed by atoms with Crippen molar-refractivity contribution < 1.29 is 13.5 Å². The summed E-state index contributed by atoms with van der Waals surface area (Å²) in [5, 5.41) is 20.7. The lowest BCUT2D eigenvalue weighted by molar-refractivity contribution is 0.133. The maximum absolute atomic E-state index is 11.2. The monoisotopic (exact) mass is 476 g/mol. The molecule has 1 aromatic carbocycles. The first-order valence-electron chi connectivity index (χ1n) is 10.6. The lowest BCUT2D eigenvalue weighted by Crippen LogP contribution is -2.36. The topological polar surface area (TPSA) is 135 Å². The number of nitrogens with two attached hydrogens (primary N) is 1. The number of nitrogens with zero attached hydrogens (tertiary/aromatic N) is 3. The molecule has 2 aliphatic rings. The van der Waals surface area contributed by atoms with Crippen LogP contribution in [-0.4, -0.2) is 40.7 Å². The van der Waals surface area contributed by atoms with Gasteiger partial charge in [-0.25, -0.2) is 19.8 Å². The van der Waals surface area contributed by atoms with Crippen molar-refractivity contribution in [3.05, 3.63) is 52.9 Å². The van der Waals surface area contributed by atoms with Crippen LogP contribution >= 0.6 is 11.6 Å². The van der Waals surface area contributed by atoms with E-state index in [0.29, 0.717) is 12.8 Å².